The molecule has 0 radical (unpaired) electrons. The Hall–Kier alpha value is -3.08. The first-order chi connectivity index (χ1) is 12.0. The van der Waals surface area contributed by atoms with Gasteiger partial charge in [0.15, 0.2) is 6.10 Å². The molecule has 25 heavy (non-hydrogen) atoms. The Morgan fingerprint density at radius 3 is 2.36 bits per heavy atom. The summed E-state index contributed by atoms with van der Waals surface area (Å²) in [7, 11) is 1.55. The van der Waals surface area contributed by atoms with Gasteiger partial charge in [-0.3, -0.25) is 4.79 Å². The summed E-state index contributed by atoms with van der Waals surface area (Å²) in [6, 6.07) is 14.0. The van der Waals surface area contributed by atoms with Gasteiger partial charge in [-0.1, -0.05) is 18.2 Å². The van der Waals surface area contributed by atoms with Crippen LogP contribution in [0.15, 0.2) is 52.9 Å². The van der Waals surface area contributed by atoms with Crippen molar-refractivity contribution >= 4 is 22.7 Å². The predicted molar refractivity (Wildman–Crippen MR) is 93.2 cm³/mol. The van der Waals surface area contributed by atoms with Crippen molar-refractivity contribution in [1.29, 1.82) is 0 Å². The van der Waals surface area contributed by atoms with Crippen LogP contribution in [0.1, 0.15) is 33.4 Å². The lowest BCUT2D eigenvalue weighted by Gasteiger charge is -2.12. The molecule has 3 aromatic rings. The Kier molecular flexibility index (Phi) is 4.57. The second-order valence-corrected chi connectivity index (χ2v) is 5.69. The molecule has 0 N–H and O–H groups in total. The molecule has 0 spiro atoms. The van der Waals surface area contributed by atoms with Gasteiger partial charge in [0.2, 0.25) is 11.5 Å². The van der Waals surface area contributed by atoms with Crippen LogP contribution in [0.3, 0.4) is 0 Å². The number of hydrogen-bond donors (Lipinski definition) is 0. The first-order valence-corrected chi connectivity index (χ1v) is 7.88. The average Bonchev–Trinajstić information content (AvgIpc) is 2.98. The van der Waals surface area contributed by atoms with Crippen molar-refractivity contribution < 1.29 is 23.5 Å². The van der Waals surface area contributed by atoms with E-state index in [-0.39, 0.29) is 11.5 Å². The smallest absolute Gasteiger partial charge is 0.375 e. The number of furan rings is 1. The van der Waals surface area contributed by atoms with Crippen LogP contribution >= 0.6 is 0 Å². The van der Waals surface area contributed by atoms with E-state index in [9.17, 15) is 9.59 Å². The Morgan fingerprint density at radius 1 is 1.04 bits per heavy atom. The van der Waals surface area contributed by atoms with Crippen LogP contribution in [0.4, 0.5) is 0 Å². The highest BCUT2D eigenvalue weighted by atomic mass is 16.6. The molecule has 0 aliphatic heterocycles. The molecule has 1 atom stereocenters. The summed E-state index contributed by atoms with van der Waals surface area (Å²) in [6.45, 7) is 3.33. The van der Waals surface area contributed by atoms with Crippen LogP contribution in [-0.4, -0.2) is 25.0 Å². The standard InChI is InChI=1S/C20H18O5/c1-12-16-6-4-5-7-17(16)25-19(12)20(22)24-13(2)18(21)14-8-10-15(23-3)11-9-14/h4-11,13H,1-3H3/t13-/m1/s1. The molecule has 3 rings (SSSR count). The van der Waals surface area contributed by atoms with E-state index < -0.39 is 12.1 Å². The van der Waals surface area contributed by atoms with Gasteiger partial charge in [0.05, 0.1) is 7.11 Å². The third-order valence-electron chi connectivity index (χ3n) is 4.06. The summed E-state index contributed by atoms with van der Waals surface area (Å²) in [4.78, 5) is 24.8. The number of fused-ring (bicyclic) bond motifs is 1. The van der Waals surface area contributed by atoms with E-state index in [0.29, 0.717) is 22.5 Å². The van der Waals surface area contributed by atoms with E-state index >= 15 is 0 Å². The zero-order chi connectivity index (χ0) is 18.0. The zero-order valence-electron chi connectivity index (χ0n) is 14.2. The lowest BCUT2D eigenvalue weighted by atomic mass is 10.1. The molecule has 5 heteroatoms. The van der Waals surface area contributed by atoms with Crippen LogP contribution in [0.2, 0.25) is 0 Å². The van der Waals surface area contributed by atoms with Crippen LogP contribution in [0, 0.1) is 6.92 Å². The molecule has 0 fully saturated rings. The fourth-order valence-corrected chi connectivity index (χ4v) is 2.63. The maximum absolute atomic E-state index is 12.4. The number of Topliss-reactive ketones (excluding diaryl/α,β-unsaturated/α-hetero) is 1. The van der Waals surface area contributed by atoms with Crippen molar-refractivity contribution in [2.45, 2.75) is 20.0 Å². The van der Waals surface area contributed by atoms with Crippen LogP contribution in [0.5, 0.6) is 5.75 Å². The highest BCUT2D eigenvalue weighted by molar-refractivity contribution is 6.02. The normalized spacial score (nSPS) is 12.0. The number of hydrogen-bond acceptors (Lipinski definition) is 5. The lowest BCUT2D eigenvalue weighted by Crippen LogP contribution is -2.24. The number of methoxy groups -OCH3 is 1. The van der Waals surface area contributed by atoms with Gasteiger partial charge in [-0.25, -0.2) is 4.79 Å². The van der Waals surface area contributed by atoms with Gasteiger partial charge < -0.3 is 13.9 Å². The molecule has 0 saturated heterocycles. The first-order valence-electron chi connectivity index (χ1n) is 7.88. The highest BCUT2D eigenvalue weighted by Crippen LogP contribution is 2.26. The fourth-order valence-electron chi connectivity index (χ4n) is 2.63. The molecule has 0 amide bonds. The summed E-state index contributed by atoms with van der Waals surface area (Å²) in [6.07, 6.45) is -0.923. The Bertz CT molecular complexity index is 921. The highest BCUT2D eigenvalue weighted by Gasteiger charge is 2.24. The number of carbonyl (C=O) groups is 2. The second kappa shape index (κ2) is 6.81. The number of esters is 1. The van der Waals surface area contributed by atoms with E-state index in [1.165, 1.54) is 0 Å². The molecule has 2 aromatic carbocycles. The number of aryl methyl sites for hydroxylation is 1. The largest absolute Gasteiger partial charge is 0.497 e. The first kappa shape index (κ1) is 16.8. The number of ketones is 1. The third-order valence-corrected chi connectivity index (χ3v) is 4.06. The van der Waals surface area contributed by atoms with Crippen molar-refractivity contribution in [3.63, 3.8) is 0 Å². The van der Waals surface area contributed by atoms with Crippen molar-refractivity contribution in [2.24, 2.45) is 0 Å². The Morgan fingerprint density at radius 2 is 1.72 bits per heavy atom. The topological polar surface area (TPSA) is 65.7 Å². The van der Waals surface area contributed by atoms with E-state index in [2.05, 4.69) is 0 Å². The predicted octanol–water partition coefficient (Wildman–Crippen LogP) is 4.18. The van der Waals surface area contributed by atoms with Gasteiger partial charge in [-0.15, -0.1) is 0 Å². The van der Waals surface area contributed by atoms with Crippen molar-refractivity contribution in [3.05, 3.63) is 65.4 Å². The van der Waals surface area contributed by atoms with Gasteiger partial charge in [-0.05, 0) is 44.2 Å². The molecular formula is C20H18O5. The minimum Gasteiger partial charge on any atom is -0.497 e. The minimum atomic E-state index is -0.923. The van der Waals surface area contributed by atoms with Crippen LogP contribution in [-0.2, 0) is 4.74 Å². The lowest BCUT2D eigenvalue weighted by molar-refractivity contribution is 0.0290. The van der Waals surface area contributed by atoms with Crippen molar-refractivity contribution in [3.8, 4) is 5.75 Å². The molecule has 1 heterocycles. The van der Waals surface area contributed by atoms with Gasteiger partial charge in [-0.2, -0.15) is 0 Å². The average molecular weight is 338 g/mol. The monoisotopic (exact) mass is 338 g/mol. The number of rotatable bonds is 5. The Labute approximate surface area is 145 Å². The molecule has 0 bridgehead atoms. The van der Waals surface area contributed by atoms with Gasteiger partial charge in [0.1, 0.15) is 11.3 Å². The van der Waals surface area contributed by atoms with E-state index in [4.69, 9.17) is 13.9 Å². The summed E-state index contributed by atoms with van der Waals surface area (Å²) < 4.78 is 15.9. The molecule has 5 nitrogen and oxygen atoms in total. The second-order valence-electron chi connectivity index (χ2n) is 5.69. The van der Waals surface area contributed by atoms with E-state index in [1.807, 2.05) is 18.2 Å². The molecule has 128 valence electrons. The van der Waals surface area contributed by atoms with Gasteiger partial charge in [0, 0.05) is 16.5 Å². The number of ether oxygens (including phenoxy) is 2. The Balaban J connectivity index is 1.76. The number of benzene rings is 2. The quantitative estimate of drug-likeness (QED) is 0.516. The number of para-hydroxylation sites is 1. The van der Waals surface area contributed by atoms with Gasteiger partial charge >= 0.3 is 5.97 Å². The molecule has 0 aliphatic carbocycles. The van der Waals surface area contributed by atoms with Crippen LogP contribution in [0.25, 0.3) is 11.0 Å². The molecule has 1 aromatic heterocycles. The number of carbonyl (C=O) groups excluding carboxylic acids is 2. The van der Waals surface area contributed by atoms with Crippen molar-refractivity contribution in [2.75, 3.05) is 7.11 Å². The molecule has 0 unspecified atom stereocenters. The zero-order valence-corrected chi connectivity index (χ0v) is 14.2. The molecule has 0 saturated carbocycles. The third kappa shape index (κ3) is 3.26. The molecular weight excluding hydrogens is 320 g/mol. The van der Waals surface area contributed by atoms with Crippen molar-refractivity contribution in [1.82, 2.24) is 0 Å². The summed E-state index contributed by atoms with van der Waals surface area (Å²) in [5.74, 6) is -0.164. The SMILES string of the molecule is COc1ccc(C(=O)[C@@H](C)OC(=O)c2oc3ccccc3c2C)cc1. The van der Waals surface area contributed by atoms with Crippen LogP contribution < -0.4 is 4.74 Å². The minimum absolute atomic E-state index is 0.121. The van der Waals surface area contributed by atoms with E-state index in [1.54, 1.807) is 51.3 Å². The van der Waals surface area contributed by atoms with Gasteiger partial charge in [0.25, 0.3) is 0 Å². The summed E-state index contributed by atoms with van der Waals surface area (Å²) in [5.41, 5.74) is 1.76. The van der Waals surface area contributed by atoms with E-state index in [0.717, 1.165) is 5.39 Å². The maximum Gasteiger partial charge on any atom is 0.375 e. The maximum atomic E-state index is 12.4. The molecule has 0 aliphatic rings. The fraction of sp³-hybridized carbons (Fsp3) is 0.200. The summed E-state index contributed by atoms with van der Waals surface area (Å²) >= 11 is 0. The summed E-state index contributed by atoms with van der Waals surface area (Å²) in [5, 5.41) is 0.851.